The zero-order chi connectivity index (χ0) is 10.8. The van der Waals surface area contributed by atoms with E-state index in [4.69, 9.17) is 5.11 Å². The molecule has 1 rings (SSSR count). The molecule has 0 aliphatic heterocycles. The molecule has 0 fully saturated rings. The van der Waals surface area contributed by atoms with Crippen molar-refractivity contribution in [2.45, 2.75) is 40.2 Å². The smallest absolute Gasteiger partial charge is 0.0522 e. The van der Waals surface area contributed by atoms with E-state index < -0.39 is 0 Å². The first-order valence-corrected chi connectivity index (χ1v) is 5.08. The molecule has 1 N–H and O–H groups in total. The number of rotatable bonds is 4. The zero-order valence-electron chi connectivity index (χ0n) is 9.49. The molecule has 0 saturated heterocycles. The van der Waals surface area contributed by atoms with Crippen molar-refractivity contribution in [1.82, 2.24) is 9.78 Å². The summed E-state index contributed by atoms with van der Waals surface area (Å²) in [6, 6.07) is 0.404. The van der Waals surface area contributed by atoms with E-state index in [9.17, 15) is 0 Å². The predicted molar refractivity (Wildman–Crippen MR) is 57.2 cm³/mol. The number of aliphatic hydroxyl groups is 1. The van der Waals surface area contributed by atoms with Crippen LogP contribution in [0.3, 0.4) is 0 Å². The van der Waals surface area contributed by atoms with E-state index in [0.29, 0.717) is 6.04 Å². The number of aliphatic hydroxyl groups excluding tert-OH is 1. The van der Waals surface area contributed by atoms with E-state index in [-0.39, 0.29) is 12.0 Å². The number of hydrogen-bond donors (Lipinski definition) is 1. The van der Waals surface area contributed by atoms with Gasteiger partial charge in [-0.2, -0.15) is 5.10 Å². The van der Waals surface area contributed by atoms with Gasteiger partial charge in [0.1, 0.15) is 0 Å². The minimum absolute atomic E-state index is 0.0508. The van der Waals surface area contributed by atoms with Crippen molar-refractivity contribution in [2.24, 2.45) is 5.41 Å². The van der Waals surface area contributed by atoms with Gasteiger partial charge in [0.25, 0.3) is 0 Å². The monoisotopic (exact) mass is 196 g/mol. The second-order valence-electron chi connectivity index (χ2n) is 4.92. The van der Waals surface area contributed by atoms with Crippen molar-refractivity contribution < 1.29 is 5.11 Å². The van der Waals surface area contributed by atoms with Crippen molar-refractivity contribution in [3.8, 4) is 0 Å². The fourth-order valence-electron chi connectivity index (χ4n) is 1.36. The lowest BCUT2D eigenvalue weighted by Gasteiger charge is -2.20. The van der Waals surface area contributed by atoms with Crippen LogP contribution < -0.4 is 0 Å². The van der Waals surface area contributed by atoms with Gasteiger partial charge in [-0.1, -0.05) is 13.8 Å². The van der Waals surface area contributed by atoms with E-state index >= 15 is 0 Å². The van der Waals surface area contributed by atoms with E-state index in [0.717, 1.165) is 6.42 Å². The second kappa shape index (κ2) is 4.13. The molecule has 3 heteroatoms. The Morgan fingerprint density at radius 1 is 1.50 bits per heavy atom. The largest absolute Gasteiger partial charge is 0.396 e. The Morgan fingerprint density at radius 2 is 2.14 bits per heavy atom. The molecule has 0 atom stereocenters. The molecule has 80 valence electrons. The van der Waals surface area contributed by atoms with Gasteiger partial charge in [0, 0.05) is 18.8 Å². The Labute approximate surface area is 85.8 Å². The molecule has 0 saturated carbocycles. The molecule has 0 spiro atoms. The summed E-state index contributed by atoms with van der Waals surface area (Å²) < 4.78 is 1.95. The molecule has 1 aromatic rings. The summed E-state index contributed by atoms with van der Waals surface area (Å²) in [7, 11) is 0. The molecule has 0 bridgehead atoms. The fourth-order valence-corrected chi connectivity index (χ4v) is 1.36. The van der Waals surface area contributed by atoms with Crippen LogP contribution in [0.4, 0.5) is 0 Å². The van der Waals surface area contributed by atoms with Crippen molar-refractivity contribution >= 4 is 0 Å². The zero-order valence-corrected chi connectivity index (χ0v) is 9.49. The lowest BCUT2D eigenvalue weighted by Crippen LogP contribution is -2.19. The molecule has 0 radical (unpaired) electrons. The molecule has 1 aromatic heterocycles. The van der Waals surface area contributed by atoms with Crippen molar-refractivity contribution in [1.29, 1.82) is 0 Å². The van der Waals surface area contributed by atoms with Crippen LogP contribution in [0.15, 0.2) is 12.4 Å². The second-order valence-corrected chi connectivity index (χ2v) is 4.92. The van der Waals surface area contributed by atoms with Crippen LogP contribution in [-0.4, -0.2) is 21.5 Å². The van der Waals surface area contributed by atoms with Crippen molar-refractivity contribution in [3.63, 3.8) is 0 Å². The SMILES string of the molecule is CC(C)n1cc(CC(C)(C)CO)cn1. The van der Waals surface area contributed by atoms with Crippen LogP contribution in [0.1, 0.15) is 39.3 Å². The highest BCUT2D eigenvalue weighted by Crippen LogP contribution is 2.20. The molecule has 0 aromatic carbocycles. The molecule has 0 unspecified atom stereocenters. The number of aromatic nitrogens is 2. The highest BCUT2D eigenvalue weighted by molar-refractivity contribution is 5.07. The maximum absolute atomic E-state index is 9.14. The Kier molecular flexibility index (Phi) is 3.32. The summed E-state index contributed by atoms with van der Waals surface area (Å²) in [5, 5.41) is 13.4. The van der Waals surface area contributed by atoms with Gasteiger partial charge in [-0.3, -0.25) is 4.68 Å². The van der Waals surface area contributed by atoms with E-state index in [1.54, 1.807) is 0 Å². The third-order valence-electron chi connectivity index (χ3n) is 2.29. The van der Waals surface area contributed by atoms with Gasteiger partial charge in [-0.15, -0.1) is 0 Å². The van der Waals surface area contributed by atoms with Crippen molar-refractivity contribution in [2.75, 3.05) is 6.61 Å². The summed E-state index contributed by atoms with van der Waals surface area (Å²) in [6.45, 7) is 8.53. The molecular weight excluding hydrogens is 176 g/mol. The Bertz CT molecular complexity index is 289. The Hall–Kier alpha value is -0.830. The van der Waals surface area contributed by atoms with Gasteiger partial charge in [0.15, 0.2) is 0 Å². The van der Waals surface area contributed by atoms with Crippen LogP contribution in [0.25, 0.3) is 0 Å². The van der Waals surface area contributed by atoms with Crippen LogP contribution in [0, 0.1) is 5.41 Å². The van der Waals surface area contributed by atoms with Crippen LogP contribution >= 0.6 is 0 Å². The van der Waals surface area contributed by atoms with Crippen LogP contribution in [0.5, 0.6) is 0 Å². The first-order valence-electron chi connectivity index (χ1n) is 5.08. The molecule has 14 heavy (non-hydrogen) atoms. The van der Waals surface area contributed by atoms with E-state index in [1.807, 2.05) is 10.9 Å². The third kappa shape index (κ3) is 2.84. The highest BCUT2D eigenvalue weighted by atomic mass is 16.3. The first-order chi connectivity index (χ1) is 6.44. The molecule has 3 nitrogen and oxygen atoms in total. The van der Waals surface area contributed by atoms with E-state index in [2.05, 4.69) is 39.0 Å². The Balaban J connectivity index is 2.69. The van der Waals surface area contributed by atoms with Gasteiger partial charge in [0.05, 0.1) is 6.20 Å². The van der Waals surface area contributed by atoms with Crippen LogP contribution in [-0.2, 0) is 6.42 Å². The Morgan fingerprint density at radius 3 is 2.57 bits per heavy atom. The predicted octanol–water partition coefficient (Wildman–Crippen LogP) is 2.02. The first kappa shape index (κ1) is 11.2. The summed E-state index contributed by atoms with van der Waals surface area (Å²) in [4.78, 5) is 0. The molecule has 0 amide bonds. The lowest BCUT2D eigenvalue weighted by molar-refractivity contribution is 0.159. The molecule has 0 aliphatic rings. The summed E-state index contributed by atoms with van der Waals surface area (Å²) >= 11 is 0. The lowest BCUT2D eigenvalue weighted by atomic mass is 9.88. The average Bonchev–Trinajstić information content (AvgIpc) is 2.52. The van der Waals surface area contributed by atoms with Gasteiger partial charge in [0.2, 0.25) is 0 Å². The summed E-state index contributed by atoms with van der Waals surface area (Å²) in [5.41, 5.74) is 1.14. The van der Waals surface area contributed by atoms with Crippen LogP contribution in [0.2, 0.25) is 0 Å². The minimum atomic E-state index is -0.0508. The highest BCUT2D eigenvalue weighted by Gasteiger charge is 2.18. The minimum Gasteiger partial charge on any atom is -0.396 e. The quantitative estimate of drug-likeness (QED) is 0.800. The third-order valence-corrected chi connectivity index (χ3v) is 2.29. The van der Waals surface area contributed by atoms with Gasteiger partial charge < -0.3 is 5.11 Å². The normalized spacial score (nSPS) is 12.4. The average molecular weight is 196 g/mol. The number of hydrogen-bond acceptors (Lipinski definition) is 2. The van der Waals surface area contributed by atoms with Gasteiger partial charge in [-0.25, -0.2) is 0 Å². The maximum atomic E-state index is 9.14. The summed E-state index contributed by atoms with van der Waals surface area (Å²) in [5.74, 6) is 0. The van der Waals surface area contributed by atoms with E-state index in [1.165, 1.54) is 5.56 Å². The van der Waals surface area contributed by atoms with Crippen molar-refractivity contribution in [3.05, 3.63) is 18.0 Å². The fraction of sp³-hybridized carbons (Fsp3) is 0.727. The van der Waals surface area contributed by atoms with Gasteiger partial charge in [-0.05, 0) is 31.2 Å². The topological polar surface area (TPSA) is 38.0 Å². The van der Waals surface area contributed by atoms with Gasteiger partial charge >= 0.3 is 0 Å². The number of nitrogens with zero attached hydrogens (tertiary/aromatic N) is 2. The maximum Gasteiger partial charge on any atom is 0.0522 e. The molecule has 1 heterocycles. The molecular formula is C11H20N2O. The summed E-state index contributed by atoms with van der Waals surface area (Å²) in [6.07, 6.45) is 4.82. The standard InChI is InChI=1S/C11H20N2O/c1-9(2)13-7-10(6-12-13)5-11(3,4)8-14/h6-7,9,14H,5,8H2,1-4H3. The molecule has 0 aliphatic carbocycles.